The fourth-order valence-corrected chi connectivity index (χ4v) is 6.50. The Hall–Kier alpha value is -2.92. The van der Waals surface area contributed by atoms with Crippen LogP contribution in [0.4, 0.5) is 11.4 Å². The molecular formula is C24H26ClN3O5S2. The average Bonchev–Trinajstić information content (AvgIpc) is 2.84. The van der Waals surface area contributed by atoms with E-state index in [1.54, 1.807) is 50.2 Å². The quantitative estimate of drug-likeness (QED) is 0.419. The predicted octanol–water partition coefficient (Wildman–Crippen LogP) is 4.20. The molecule has 0 saturated carbocycles. The Morgan fingerprint density at radius 3 is 1.97 bits per heavy atom. The molecule has 3 aromatic rings. The number of benzene rings is 3. The summed E-state index contributed by atoms with van der Waals surface area (Å²) < 4.78 is 54.3. The van der Waals surface area contributed by atoms with Crippen LogP contribution in [0.1, 0.15) is 13.8 Å². The van der Waals surface area contributed by atoms with Gasteiger partial charge >= 0.3 is 0 Å². The normalized spacial score (nSPS) is 11.9. The van der Waals surface area contributed by atoms with E-state index in [1.807, 2.05) is 0 Å². The largest absolute Gasteiger partial charge is 0.325 e. The van der Waals surface area contributed by atoms with Crippen LogP contribution in [0.2, 0.25) is 5.02 Å². The van der Waals surface area contributed by atoms with Crippen molar-refractivity contribution in [1.29, 1.82) is 0 Å². The van der Waals surface area contributed by atoms with Crippen molar-refractivity contribution in [3.63, 3.8) is 0 Å². The smallest absolute Gasteiger partial charge is 0.264 e. The topological polar surface area (TPSA) is 104 Å². The van der Waals surface area contributed by atoms with Gasteiger partial charge in [0.2, 0.25) is 15.9 Å². The Morgan fingerprint density at radius 2 is 1.40 bits per heavy atom. The maximum absolute atomic E-state index is 13.3. The van der Waals surface area contributed by atoms with E-state index in [2.05, 4.69) is 5.32 Å². The maximum Gasteiger partial charge on any atom is 0.264 e. The number of nitrogens with zero attached hydrogens (tertiary/aromatic N) is 2. The first-order valence-corrected chi connectivity index (χ1v) is 14.1. The van der Waals surface area contributed by atoms with Crippen LogP contribution in [0.3, 0.4) is 0 Å². The Balaban J connectivity index is 1.85. The molecule has 0 aliphatic heterocycles. The van der Waals surface area contributed by atoms with Crippen LogP contribution in [0.5, 0.6) is 0 Å². The third-order valence-electron chi connectivity index (χ3n) is 5.20. The number of amides is 1. The third-order valence-corrected chi connectivity index (χ3v) is 9.28. The summed E-state index contributed by atoms with van der Waals surface area (Å²) in [7, 11) is -7.71. The number of carbonyl (C=O) groups excluding carboxylic acids is 1. The lowest BCUT2D eigenvalue weighted by molar-refractivity contribution is -0.114. The van der Waals surface area contributed by atoms with E-state index < -0.39 is 32.5 Å². The molecule has 0 unspecified atom stereocenters. The van der Waals surface area contributed by atoms with E-state index in [0.29, 0.717) is 23.8 Å². The SMILES string of the molecule is CCN(CC)S(=O)(=O)c1ccc(NC(=O)CN(c2cccc(Cl)c2)S(=O)(=O)c2ccccc2)cc1. The van der Waals surface area contributed by atoms with Gasteiger partial charge in [0.15, 0.2) is 0 Å². The van der Waals surface area contributed by atoms with Crippen molar-refractivity contribution in [3.05, 3.63) is 83.9 Å². The van der Waals surface area contributed by atoms with Gasteiger partial charge in [-0.05, 0) is 54.6 Å². The molecule has 186 valence electrons. The van der Waals surface area contributed by atoms with Gasteiger partial charge in [0.25, 0.3) is 10.0 Å². The first kappa shape index (κ1) is 26.7. The highest BCUT2D eigenvalue weighted by atomic mass is 35.5. The molecule has 3 rings (SSSR count). The number of halogens is 1. The third kappa shape index (κ3) is 6.21. The van der Waals surface area contributed by atoms with Crippen LogP contribution >= 0.6 is 11.6 Å². The molecule has 0 radical (unpaired) electrons. The van der Waals surface area contributed by atoms with Crippen LogP contribution in [0.15, 0.2) is 88.7 Å². The summed E-state index contributed by atoms with van der Waals surface area (Å²) in [4.78, 5) is 13.0. The second kappa shape index (κ2) is 11.2. The molecule has 0 aromatic heterocycles. The van der Waals surface area contributed by atoms with E-state index in [0.717, 1.165) is 4.31 Å². The van der Waals surface area contributed by atoms with E-state index in [9.17, 15) is 21.6 Å². The van der Waals surface area contributed by atoms with E-state index in [-0.39, 0.29) is 15.5 Å². The first-order chi connectivity index (χ1) is 16.6. The number of hydrogen-bond acceptors (Lipinski definition) is 5. The predicted molar refractivity (Wildman–Crippen MR) is 138 cm³/mol. The van der Waals surface area contributed by atoms with Gasteiger partial charge in [-0.3, -0.25) is 9.10 Å². The van der Waals surface area contributed by atoms with Gasteiger partial charge in [0, 0.05) is 23.8 Å². The zero-order chi connectivity index (χ0) is 25.6. The highest BCUT2D eigenvalue weighted by Gasteiger charge is 2.27. The summed E-state index contributed by atoms with van der Waals surface area (Å²) >= 11 is 6.07. The Labute approximate surface area is 211 Å². The molecule has 35 heavy (non-hydrogen) atoms. The molecule has 1 amide bonds. The molecule has 0 bridgehead atoms. The Kier molecular flexibility index (Phi) is 8.55. The van der Waals surface area contributed by atoms with Crippen LogP contribution in [-0.4, -0.2) is 46.7 Å². The molecular weight excluding hydrogens is 510 g/mol. The summed E-state index contributed by atoms with van der Waals surface area (Å²) in [5.74, 6) is -0.608. The number of sulfonamides is 2. The zero-order valence-corrected chi connectivity index (χ0v) is 21.6. The van der Waals surface area contributed by atoms with Crippen molar-refractivity contribution in [1.82, 2.24) is 4.31 Å². The first-order valence-electron chi connectivity index (χ1n) is 10.8. The summed E-state index contributed by atoms with van der Waals surface area (Å²) in [5.41, 5.74) is 0.564. The summed E-state index contributed by atoms with van der Waals surface area (Å²) in [6, 6.07) is 19.7. The summed E-state index contributed by atoms with van der Waals surface area (Å²) in [5, 5.41) is 2.95. The van der Waals surface area contributed by atoms with Crippen molar-refractivity contribution in [2.24, 2.45) is 0 Å². The molecule has 3 aromatic carbocycles. The summed E-state index contributed by atoms with van der Waals surface area (Å²) in [6.07, 6.45) is 0. The highest BCUT2D eigenvalue weighted by Crippen LogP contribution is 2.26. The number of anilines is 2. The maximum atomic E-state index is 13.3. The van der Waals surface area contributed by atoms with Crippen LogP contribution in [0, 0.1) is 0 Å². The lowest BCUT2D eigenvalue weighted by Crippen LogP contribution is -2.38. The van der Waals surface area contributed by atoms with E-state index in [1.165, 1.54) is 46.8 Å². The van der Waals surface area contributed by atoms with Crippen molar-refractivity contribution in [2.75, 3.05) is 29.3 Å². The Bertz CT molecular complexity index is 1380. The molecule has 0 heterocycles. The van der Waals surface area contributed by atoms with Gasteiger partial charge in [-0.2, -0.15) is 4.31 Å². The standard InChI is InChI=1S/C24H26ClN3O5S2/c1-3-27(4-2)34(30,31)23-15-13-20(14-16-23)26-24(29)18-28(21-10-8-9-19(25)17-21)35(32,33)22-11-6-5-7-12-22/h5-17H,3-4,18H2,1-2H3,(H,26,29). The highest BCUT2D eigenvalue weighted by molar-refractivity contribution is 7.92. The number of carbonyl (C=O) groups is 1. The number of nitrogens with one attached hydrogen (secondary N) is 1. The summed E-state index contributed by atoms with van der Waals surface area (Å²) in [6.45, 7) is 3.67. The van der Waals surface area contributed by atoms with Crippen molar-refractivity contribution in [2.45, 2.75) is 23.6 Å². The lowest BCUT2D eigenvalue weighted by Gasteiger charge is -2.24. The van der Waals surface area contributed by atoms with Gasteiger partial charge in [-0.15, -0.1) is 0 Å². The Morgan fingerprint density at radius 1 is 0.800 bits per heavy atom. The van der Waals surface area contributed by atoms with Crippen molar-refractivity contribution < 1.29 is 21.6 Å². The molecule has 11 heteroatoms. The molecule has 0 saturated heterocycles. The van der Waals surface area contributed by atoms with Crippen LogP contribution in [-0.2, 0) is 24.8 Å². The molecule has 0 aliphatic carbocycles. The van der Waals surface area contributed by atoms with Crippen molar-refractivity contribution >= 4 is 48.9 Å². The second-order valence-corrected chi connectivity index (χ2v) is 11.7. The molecule has 0 atom stereocenters. The van der Waals surface area contributed by atoms with Crippen LogP contribution in [0.25, 0.3) is 0 Å². The zero-order valence-electron chi connectivity index (χ0n) is 19.3. The molecule has 1 N–H and O–H groups in total. The lowest BCUT2D eigenvalue weighted by atomic mass is 10.3. The van der Waals surface area contributed by atoms with Gasteiger partial charge in [-0.1, -0.05) is 49.7 Å². The van der Waals surface area contributed by atoms with E-state index in [4.69, 9.17) is 11.6 Å². The minimum atomic E-state index is -4.07. The fourth-order valence-electron chi connectivity index (χ4n) is 3.42. The minimum Gasteiger partial charge on any atom is -0.325 e. The van der Waals surface area contributed by atoms with Gasteiger partial charge < -0.3 is 5.32 Å². The van der Waals surface area contributed by atoms with Gasteiger partial charge in [-0.25, -0.2) is 16.8 Å². The van der Waals surface area contributed by atoms with Crippen LogP contribution < -0.4 is 9.62 Å². The minimum absolute atomic E-state index is 0.0266. The molecule has 0 spiro atoms. The average molecular weight is 536 g/mol. The van der Waals surface area contributed by atoms with E-state index >= 15 is 0 Å². The second-order valence-electron chi connectivity index (χ2n) is 7.47. The van der Waals surface area contributed by atoms with Gasteiger partial charge in [0.1, 0.15) is 6.54 Å². The molecule has 8 nitrogen and oxygen atoms in total. The molecule has 0 fully saturated rings. The number of hydrogen-bond donors (Lipinski definition) is 1. The number of rotatable bonds is 10. The molecule has 0 aliphatic rings. The fraction of sp³-hybridized carbons (Fsp3) is 0.208. The van der Waals surface area contributed by atoms with Crippen molar-refractivity contribution in [3.8, 4) is 0 Å². The monoisotopic (exact) mass is 535 g/mol. The van der Waals surface area contributed by atoms with Gasteiger partial charge in [0.05, 0.1) is 15.5 Å².